The van der Waals surface area contributed by atoms with Gasteiger partial charge < -0.3 is 5.32 Å². The van der Waals surface area contributed by atoms with Crippen molar-refractivity contribution in [1.82, 2.24) is 14.9 Å². The van der Waals surface area contributed by atoms with E-state index in [0.29, 0.717) is 31.6 Å². The molecule has 1 N–H and O–H groups in total. The van der Waals surface area contributed by atoms with Crippen molar-refractivity contribution in [2.24, 2.45) is 0 Å². The number of nitrogens with zero attached hydrogens (tertiary/aromatic N) is 4. The molecule has 1 fully saturated rings. The molecule has 1 unspecified atom stereocenters. The van der Waals surface area contributed by atoms with Crippen molar-refractivity contribution in [3.63, 3.8) is 0 Å². The molecule has 0 spiro atoms. The Kier molecular flexibility index (Phi) is 5.03. The highest BCUT2D eigenvalue weighted by Crippen LogP contribution is 2.29. The highest BCUT2D eigenvalue weighted by atomic mass is 19.4. The van der Waals surface area contributed by atoms with Crippen LogP contribution in [0.1, 0.15) is 17.7 Å². The second-order valence-corrected chi connectivity index (χ2v) is 6.04. The van der Waals surface area contributed by atoms with Crippen LogP contribution in [0.4, 0.5) is 24.7 Å². The normalized spacial score (nSPS) is 18.0. The molecule has 0 saturated carbocycles. The molecule has 138 valence electrons. The maximum absolute atomic E-state index is 12.7. The third-order valence-corrected chi connectivity index (χ3v) is 4.16. The number of hydrogen-bond donors (Lipinski definition) is 1. The fourth-order valence-electron chi connectivity index (χ4n) is 2.96. The first-order chi connectivity index (χ1) is 12.3. The molecule has 26 heavy (non-hydrogen) atoms. The third kappa shape index (κ3) is 4.26. The van der Waals surface area contributed by atoms with Gasteiger partial charge >= 0.3 is 6.18 Å². The first-order valence-electron chi connectivity index (χ1n) is 7.93. The summed E-state index contributed by atoms with van der Waals surface area (Å²) in [6.07, 6.45) is -2.94. The number of nitro groups is 1. The number of alkyl halides is 3. The number of nitrogens with one attached hydrogen (secondary N) is 1. The molecule has 1 atom stereocenters. The summed E-state index contributed by atoms with van der Waals surface area (Å²) < 4.78 is 38.1. The van der Waals surface area contributed by atoms with Crippen molar-refractivity contribution >= 4 is 11.5 Å². The molecule has 2 heterocycles. The molecular weight excluding hydrogens is 351 g/mol. The molecule has 0 bridgehead atoms. The summed E-state index contributed by atoms with van der Waals surface area (Å²) in [6.45, 7) is 1.64. The number of para-hydroxylation sites is 1. The van der Waals surface area contributed by atoms with Crippen LogP contribution in [0.5, 0.6) is 0 Å². The van der Waals surface area contributed by atoms with Crippen LogP contribution >= 0.6 is 0 Å². The highest BCUT2D eigenvalue weighted by Gasteiger charge is 2.33. The van der Waals surface area contributed by atoms with Crippen LogP contribution in [0.25, 0.3) is 0 Å². The number of aromatic nitrogens is 2. The summed E-state index contributed by atoms with van der Waals surface area (Å²) in [4.78, 5) is 19.8. The van der Waals surface area contributed by atoms with Crippen LogP contribution in [0.15, 0.2) is 36.7 Å². The van der Waals surface area contributed by atoms with E-state index in [-0.39, 0.29) is 17.5 Å². The Labute approximate surface area is 147 Å². The van der Waals surface area contributed by atoms with Crippen molar-refractivity contribution in [2.75, 3.05) is 18.4 Å². The van der Waals surface area contributed by atoms with Gasteiger partial charge in [-0.2, -0.15) is 13.2 Å². The summed E-state index contributed by atoms with van der Waals surface area (Å²) in [7, 11) is 0. The van der Waals surface area contributed by atoms with E-state index in [9.17, 15) is 23.3 Å². The molecule has 0 radical (unpaired) electrons. The molecule has 2 aromatic rings. The fourth-order valence-corrected chi connectivity index (χ4v) is 2.96. The van der Waals surface area contributed by atoms with Gasteiger partial charge in [0.1, 0.15) is 17.8 Å². The van der Waals surface area contributed by atoms with E-state index in [2.05, 4.69) is 15.3 Å². The van der Waals surface area contributed by atoms with Gasteiger partial charge in [-0.1, -0.05) is 18.2 Å². The van der Waals surface area contributed by atoms with Crippen LogP contribution in [0, 0.1) is 10.1 Å². The Morgan fingerprint density at radius 3 is 2.81 bits per heavy atom. The summed E-state index contributed by atoms with van der Waals surface area (Å²) in [5.74, 6) is 0.116. The monoisotopic (exact) mass is 367 g/mol. The third-order valence-electron chi connectivity index (χ3n) is 4.16. The van der Waals surface area contributed by atoms with E-state index in [1.165, 1.54) is 6.07 Å². The maximum Gasteiger partial charge on any atom is 0.433 e. The molecule has 7 nitrogen and oxygen atoms in total. The zero-order valence-electron chi connectivity index (χ0n) is 13.6. The predicted octanol–water partition coefficient (Wildman–Crippen LogP) is 3.09. The van der Waals surface area contributed by atoms with E-state index < -0.39 is 16.8 Å². The summed E-state index contributed by atoms with van der Waals surface area (Å²) in [5.41, 5.74) is -0.321. The smallest absolute Gasteiger partial charge is 0.366 e. The van der Waals surface area contributed by atoms with E-state index in [1.54, 1.807) is 18.2 Å². The average molecular weight is 367 g/mol. The van der Waals surface area contributed by atoms with Crippen molar-refractivity contribution in [2.45, 2.75) is 25.2 Å². The Morgan fingerprint density at radius 2 is 2.08 bits per heavy atom. The number of likely N-dealkylation sites (tertiary alicyclic amines) is 1. The van der Waals surface area contributed by atoms with Crippen LogP contribution < -0.4 is 5.32 Å². The van der Waals surface area contributed by atoms with E-state index in [0.717, 1.165) is 12.4 Å². The number of hydrogen-bond acceptors (Lipinski definition) is 6. The lowest BCUT2D eigenvalue weighted by molar-refractivity contribution is -0.385. The minimum Gasteiger partial charge on any atom is -0.366 e. The van der Waals surface area contributed by atoms with Gasteiger partial charge in [0.05, 0.1) is 4.92 Å². The lowest BCUT2D eigenvalue weighted by Gasteiger charge is -2.17. The second-order valence-electron chi connectivity index (χ2n) is 6.04. The van der Waals surface area contributed by atoms with Crippen LogP contribution in [-0.4, -0.2) is 38.9 Å². The van der Waals surface area contributed by atoms with Crippen LogP contribution in [0.3, 0.4) is 0 Å². The van der Waals surface area contributed by atoms with Gasteiger partial charge in [-0.3, -0.25) is 15.0 Å². The van der Waals surface area contributed by atoms with Crippen molar-refractivity contribution in [1.29, 1.82) is 0 Å². The largest absolute Gasteiger partial charge is 0.433 e. The van der Waals surface area contributed by atoms with Gasteiger partial charge in [0.15, 0.2) is 0 Å². The van der Waals surface area contributed by atoms with E-state index >= 15 is 0 Å². The van der Waals surface area contributed by atoms with Crippen molar-refractivity contribution in [3.05, 3.63) is 58.0 Å². The quantitative estimate of drug-likeness (QED) is 0.646. The first-order valence-corrected chi connectivity index (χ1v) is 7.93. The molecule has 1 aromatic heterocycles. The lowest BCUT2D eigenvalue weighted by atomic mass is 10.1. The number of nitro benzene ring substituents is 1. The van der Waals surface area contributed by atoms with Gasteiger partial charge in [0.2, 0.25) is 0 Å². The Hall–Kier alpha value is -2.75. The molecule has 1 aliphatic heterocycles. The van der Waals surface area contributed by atoms with Gasteiger partial charge in [0, 0.05) is 43.4 Å². The number of halogens is 3. The van der Waals surface area contributed by atoms with Gasteiger partial charge in [-0.15, -0.1) is 0 Å². The minimum atomic E-state index is -4.52. The number of anilines is 1. The highest BCUT2D eigenvalue weighted by molar-refractivity contribution is 5.40. The van der Waals surface area contributed by atoms with Gasteiger partial charge in [-0.25, -0.2) is 9.97 Å². The number of benzene rings is 1. The number of rotatable bonds is 5. The molecule has 0 aliphatic carbocycles. The molecule has 3 rings (SSSR count). The zero-order chi connectivity index (χ0) is 18.7. The summed E-state index contributed by atoms with van der Waals surface area (Å²) in [6, 6.07) is 7.31. The van der Waals surface area contributed by atoms with Crippen LogP contribution in [0.2, 0.25) is 0 Å². The van der Waals surface area contributed by atoms with Crippen LogP contribution in [-0.2, 0) is 12.7 Å². The topological polar surface area (TPSA) is 84.2 Å². The van der Waals surface area contributed by atoms with Gasteiger partial charge in [-0.05, 0) is 6.42 Å². The first kappa shape index (κ1) is 18.1. The standard InChI is InChI=1S/C16H16F3N5O2/c17-16(18,19)14-7-15(21-10-20-14)22-12-5-6-23(9-12)8-11-3-1-2-4-13(11)24(25)26/h1-4,7,10,12H,5-6,8-9H2,(H,20,21,22). The zero-order valence-corrected chi connectivity index (χ0v) is 13.6. The molecule has 0 amide bonds. The SMILES string of the molecule is O=[N+]([O-])c1ccccc1CN1CCC(Nc2cc(C(F)(F)F)ncn2)C1. The minimum absolute atomic E-state index is 0.0644. The molecule has 1 aliphatic rings. The Balaban J connectivity index is 1.62. The molecule has 10 heteroatoms. The average Bonchev–Trinajstić information content (AvgIpc) is 3.01. The Bertz CT molecular complexity index is 799. The molecular formula is C16H16F3N5O2. The lowest BCUT2D eigenvalue weighted by Crippen LogP contribution is -2.26. The van der Waals surface area contributed by atoms with Gasteiger partial charge in [0.25, 0.3) is 5.69 Å². The Morgan fingerprint density at radius 1 is 1.31 bits per heavy atom. The molecule has 1 aromatic carbocycles. The summed E-state index contributed by atoms with van der Waals surface area (Å²) >= 11 is 0. The maximum atomic E-state index is 12.7. The van der Waals surface area contributed by atoms with E-state index in [1.807, 2.05) is 4.90 Å². The summed E-state index contributed by atoms with van der Waals surface area (Å²) in [5, 5.41) is 14.1. The second kappa shape index (κ2) is 7.24. The van der Waals surface area contributed by atoms with Crippen molar-refractivity contribution in [3.8, 4) is 0 Å². The molecule has 1 saturated heterocycles. The van der Waals surface area contributed by atoms with E-state index in [4.69, 9.17) is 0 Å². The predicted molar refractivity (Wildman–Crippen MR) is 87.4 cm³/mol. The van der Waals surface area contributed by atoms with Crippen molar-refractivity contribution < 1.29 is 18.1 Å². The fraction of sp³-hybridized carbons (Fsp3) is 0.375.